The van der Waals surface area contributed by atoms with Crippen LogP contribution in [0.5, 0.6) is 0 Å². The molecule has 46 heavy (non-hydrogen) atoms. The minimum Gasteiger partial charge on any atom is -0.277 e. The van der Waals surface area contributed by atoms with E-state index in [4.69, 9.17) is 15.0 Å². The van der Waals surface area contributed by atoms with Crippen LogP contribution in [0.2, 0.25) is 0 Å². The Bertz CT molecular complexity index is 2740. The van der Waals surface area contributed by atoms with Gasteiger partial charge in [-0.25, -0.2) is 4.98 Å². The van der Waals surface area contributed by atoms with Gasteiger partial charge < -0.3 is 0 Å². The van der Waals surface area contributed by atoms with E-state index in [1.54, 1.807) is 0 Å². The summed E-state index contributed by atoms with van der Waals surface area (Å²) in [4.78, 5) is 15.5. The SMILES string of the molecule is c1ccc(-c2nc(-c3ccccc3)nc(-n3c4ccc5ccccc5c4c4c5sc6ccccc6c5c5ccccc5c43)n2)cc1. The van der Waals surface area contributed by atoms with Crippen LogP contribution in [0.3, 0.4) is 0 Å². The molecule has 0 radical (unpaired) electrons. The highest BCUT2D eigenvalue weighted by molar-refractivity contribution is 7.27. The molecule has 0 spiro atoms. The third-order valence-electron chi connectivity index (χ3n) is 9.02. The van der Waals surface area contributed by atoms with E-state index in [2.05, 4.69) is 114 Å². The predicted octanol–water partition coefficient (Wildman–Crippen LogP) is 11.0. The Hall–Kier alpha value is -5.91. The maximum absolute atomic E-state index is 5.23. The molecule has 7 aromatic carbocycles. The molecule has 0 unspecified atom stereocenters. The maximum Gasteiger partial charge on any atom is 0.238 e. The summed E-state index contributed by atoms with van der Waals surface area (Å²) in [6.07, 6.45) is 0. The second-order valence-electron chi connectivity index (χ2n) is 11.6. The summed E-state index contributed by atoms with van der Waals surface area (Å²) in [7, 11) is 0. The zero-order chi connectivity index (χ0) is 30.2. The first-order valence-corrected chi connectivity index (χ1v) is 16.2. The van der Waals surface area contributed by atoms with Crippen LogP contribution < -0.4 is 0 Å². The van der Waals surface area contributed by atoms with Crippen molar-refractivity contribution in [1.82, 2.24) is 19.5 Å². The van der Waals surface area contributed by atoms with Gasteiger partial charge in [-0.15, -0.1) is 11.3 Å². The van der Waals surface area contributed by atoms with Crippen molar-refractivity contribution in [2.24, 2.45) is 0 Å². The summed E-state index contributed by atoms with van der Waals surface area (Å²) in [6.45, 7) is 0. The second-order valence-corrected chi connectivity index (χ2v) is 12.7. The molecule has 5 heteroatoms. The first-order chi connectivity index (χ1) is 22.8. The summed E-state index contributed by atoms with van der Waals surface area (Å²) >= 11 is 1.87. The number of benzene rings is 7. The molecule has 10 rings (SSSR count). The van der Waals surface area contributed by atoms with E-state index < -0.39 is 0 Å². The summed E-state index contributed by atoms with van der Waals surface area (Å²) in [6, 6.07) is 51.1. The molecule has 10 aromatic rings. The molecule has 0 saturated heterocycles. The highest BCUT2D eigenvalue weighted by atomic mass is 32.1. The fourth-order valence-corrected chi connectivity index (χ4v) is 8.31. The zero-order valence-electron chi connectivity index (χ0n) is 24.6. The van der Waals surface area contributed by atoms with Crippen molar-refractivity contribution in [3.8, 4) is 28.7 Å². The van der Waals surface area contributed by atoms with E-state index >= 15 is 0 Å². The van der Waals surface area contributed by atoms with E-state index in [1.165, 1.54) is 52.5 Å². The van der Waals surface area contributed by atoms with Gasteiger partial charge in [-0.2, -0.15) is 9.97 Å². The molecular weight excluding hydrogens is 581 g/mol. The smallest absolute Gasteiger partial charge is 0.238 e. The topological polar surface area (TPSA) is 43.6 Å². The number of thiophene rings is 1. The lowest BCUT2D eigenvalue weighted by molar-refractivity contribution is 0.955. The second kappa shape index (κ2) is 9.80. The number of rotatable bonds is 3. The maximum atomic E-state index is 5.23. The van der Waals surface area contributed by atoms with Crippen molar-refractivity contribution in [2.45, 2.75) is 0 Å². The Morgan fingerprint density at radius 1 is 0.435 bits per heavy atom. The zero-order valence-corrected chi connectivity index (χ0v) is 25.4. The quantitative estimate of drug-likeness (QED) is 0.201. The standard InChI is InChI=1S/C41H24N4S/c1-3-14-26(15-4-1)39-42-40(27-16-5-2-6-17-27)44-41(43-39)45-32-24-23-25-13-7-8-18-28(25)35(32)36-37(45)30-20-10-9-19-29(30)34-31-21-11-12-22-33(31)46-38(34)36/h1-24H. The van der Waals surface area contributed by atoms with Crippen LogP contribution in [0.15, 0.2) is 146 Å². The minimum absolute atomic E-state index is 0.605. The lowest BCUT2D eigenvalue weighted by atomic mass is 9.98. The Morgan fingerprint density at radius 2 is 1.02 bits per heavy atom. The third-order valence-corrected chi connectivity index (χ3v) is 10.2. The molecule has 214 valence electrons. The average molecular weight is 605 g/mol. The lowest BCUT2D eigenvalue weighted by Gasteiger charge is -2.12. The van der Waals surface area contributed by atoms with Crippen LogP contribution in [0, 0.1) is 0 Å². The molecule has 0 N–H and O–H groups in total. The number of hydrogen-bond acceptors (Lipinski definition) is 4. The van der Waals surface area contributed by atoms with Gasteiger partial charge in [0, 0.05) is 47.5 Å². The number of hydrogen-bond donors (Lipinski definition) is 0. The van der Waals surface area contributed by atoms with Crippen molar-refractivity contribution >= 4 is 74.9 Å². The van der Waals surface area contributed by atoms with Crippen LogP contribution >= 0.6 is 11.3 Å². The fraction of sp³-hybridized carbons (Fsp3) is 0. The Kier molecular flexibility index (Phi) is 5.41. The molecular formula is C41H24N4S. The van der Waals surface area contributed by atoms with Crippen LogP contribution in [0.25, 0.3) is 92.2 Å². The van der Waals surface area contributed by atoms with Crippen molar-refractivity contribution in [3.05, 3.63) is 146 Å². The summed E-state index contributed by atoms with van der Waals surface area (Å²) in [5.41, 5.74) is 4.09. The monoisotopic (exact) mass is 604 g/mol. The Labute approximate surface area is 267 Å². The molecule has 0 saturated carbocycles. The van der Waals surface area contributed by atoms with Gasteiger partial charge in [0.1, 0.15) is 0 Å². The molecule has 0 atom stereocenters. The third kappa shape index (κ3) is 3.63. The van der Waals surface area contributed by atoms with Gasteiger partial charge in [0.2, 0.25) is 5.95 Å². The van der Waals surface area contributed by atoms with E-state index in [1.807, 2.05) is 47.7 Å². The van der Waals surface area contributed by atoms with Gasteiger partial charge in [0.15, 0.2) is 11.6 Å². The predicted molar refractivity (Wildman–Crippen MR) is 193 cm³/mol. The van der Waals surface area contributed by atoms with Crippen molar-refractivity contribution < 1.29 is 0 Å². The number of fused-ring (bicyclic) bond motifs is 12. The largest absolute Gasteiger partial charge is 0.277 e. The van der Waals surface area contributed by atoms with Crippen molar-refractivity contribution in [3.63, 3.8) is 0 Å². The number of nitrogens with zero attached hydrogens (tertiary/aromatic N) is 4. The lowest BCUT2D eigenvalue weighted by Crippen LogP contribution is -2.06. The summed E-state index contributed by atoms with van der Waals surface area (Å²) in [5.74, 6) is 1.90. The van der Waals surface area contributed by atoms with Gasteiger partial charge >= 0.3 is 0 Å². The molecule has 0 amide bonds. The summed E-state index contributed by atoms with van der Waals surface area (Å²) in [5, 5.41) is 9.90. The first-order valence-electron chi connectivity index (χ1n) is 15.4. The minimum atomic E-state index is 0.605. The molecule has 0 aliphatic heterocycles. The first kappa shape index (κ1) is 25.4. The van der Waals surface area contributed by atoms with Crippen LogP contribution in [-0.2, 0) is 0 Å². The Morgan fingerprint density at radius 3 is 1.74 bits per heavy atom. The van der Waals surface area contributed by atoms with E-state index in [9.17, 15) is 0 Å². The summed E-state index contributed by atoms with van der Waals surface area (Å²) < 4.78 is 4.86. The van der Waals surface area contributed by atoms with Crippen molar-refractivity contribution in [1.29, 1.82) is 0 Å². The molecule has 4 nitrogen and oxygen atoms in total. The van der Waals surface area contributed by atoms with Crippen LogP contribution in [0.1, 0.15) is 0 Å². The van der Waals surface area contributed by atoms with Crippen LogP contribution in [-0.4, -0.2) is 19.5 Å². The van der Waals surface area contributed by atoms with Gasteiger partial charge in [-0.05, 0) is 28.3 Å². The molecule has 0 aliphatic carbocycles. The van der Waals surface area contributed by atoms with Gasteiger partial charge in [0.05, 0.1) is 11.0 Å². The highest BCUT2D eigenvalue weighted by Crippen LogP contribution is 2.49. The molecule has 0 aliphatic rings. The molecule has 3 aromatic heterocycles. The van der Waals surface area contributed by atoms with E-state index in [0.717, 1.165) is 22.2 Å². The molecule has 0 fully saturated rings. The van der Waals surface area contributed by atoms with E-state index in [-0.39, 0.29) is 0 Å². The average Bonchev–Trinajstić information content (AvgIpc) is 3.69. The van der Waals surface area contributed by atoms with Gasteiger partial charge in [0.25, 0.3) is 0 Å². The van der Waals surface area contributed by atoms with E-state index in [0.29, 0.717) is 17.6 Å². The fourth-order valence-electron chi connectivity index (χ4n) is 7.04. The van der Waals surface area contributed by atoms with Crippen LogP contribution in [0.4, 0.5) is 0 Å². The van der Waals surface area contributed by atoms with Gasteiger partial charge in [-0.3, -0.25) is 4.57 Å². The van der Waals surface area contributed by atoms with Gasteiger partial charge in [-0.1, -0.05) is 133 Å². The highest BCUT2D eigenvalue weighted by Gasteiger charge is 2.24. The number of aromatic nitrogens is 4. The normalized spacial score (nSPS) is 11.9. The Balaban J connectivity index is 1.46. The molecule has 3 heterocycles. The van der Waals surface area contributed by atoms with Crippen molar-refractivity contribution in [2.75, 3.05) is 0 Å². The molecule has 0 bridgehead atoms.